The van der Waals surface area contributed by atoms with Gasteiger partial charge in [0.1, 0.15) is 11.5 Å². The number of imide groups is 1. The second-order valence-corrected chi connectivity index (χ2v) is 4.63. The van der Waals surface area contributed by atoms with E-state index >= 15 is 0 Å². The van der Waals surface area contributed by atoms with Crippen LogP contribution in [0.3, 0.4) is 0 Å². The van der Waals surface area contributed by atoms with Gasteiger partial charge in [0, 0.05) is 11.6 Å². The Kier molecular flexibility index (Phi) is 5.46. The van der Waals surface area contributed by atoms with Gasteiger partial charge in [-0.05, 0) is 37.3 Å². The third-order valence-electron chi connectivity index (χ3n) is 2.78. The maximum absolute atomic E-state index is 11.7. The number of carbonyl (C=O) groups is 3. The lowest BCUT2D eigenvalue weighted by atomic mass is 10.2. The minimum atomic E-state index is -0.707. The normalized spacial score (nSPS) is 10.5. The maximum atomic E-state index is 11.7. The van der Waals surface area contributed by atoms with E-state index in [1.165, 1.54) is 6.08 Å². The number of ether oxygens (including phenoxy) is 1. The predicted molar refractivity (Wildman–Crippen MR) is 82.4 cm³/mol. The summed E-state index contributed by atoms with van der Waals surface area (Å²) < 4.78 is 9.98. The van der Waals surface area contributed by atoms with Crippen molar-refractivity contribution in [3.63, 3.8) is 0 Å². The molecule has 0 aliphatic carbocycles. The van der Waals surface area contributed by atoms with Crippen LogP contribution < -0.4 is 5.32 Å². The molecule has 6 heteroatoms. The summed E-state index contributed by atoms with van der Waals surface area (Å²) in [7, 11) is 0. The molecule has 1 aromatic carbocycles. The number of hydrogen-bond donors (Lipinski definition) is 1. The zero-order valence-corrected chi connectivity index (χ0v) is 12.4. The van der Waals surface area contributed by atoms with E-state index in [0.717, 1.165) is 11.8 Å². The van der Waals surface area contributed by atoms with Gasteiger partial charge in [-0.25, -0.2) is 4.79 Å². The van der Waals surface area contributed by atoms with Gasteiger partial charge in [-0.15, -0.1) is 0 Å². The highest BCUT2D eigenvalue weighted by Gasteiger charge is 2.11. The molecule has 0 spiro atoms. The molecule has 0 aliphatic heterocycles. The summed E-state index contributed by atoms with van der Waals surface area (Å²) in [5.41, 5.74) is 0.347. The lowest BCUT2D eigenvalue weighted by Crippen LogP contribution is -2.33. The Hall–Kier alpha value is -3.15. The molecule has 118 valence electrons. The summed E-state index contributed by atoms with van der Waals surface area (Å²) in [6.07, 6.45) is 2.58. The number of hydrogen-bond acceptors (Lipinski definition) is 5. The molecule has 0 saturated carbocycles. The first-order chi connectivity index (χ1) is 11.0. The fraction of sp³-hybridized carbons (Fsp3) is 0.118. The van der Waals surface area contributed by atoms with Crippen molar-refractivity contribution in [1.82, 2.24) is 5.32 Å². The summed E-state index contributed by atoms with van der Waals surface area (Å²) in [5, 5.41) is 2.13. The van der Waals surface area contributed by atoms with E-state index in [4.69, 9.17) is 9.15 Å². The molecular formula is C17H15NO5. The number of esters is 1. The molecule has 6 nitrogen and oxygen atoms in total. The Balaban J connectivity index is 1.76. The molecule has 0 unspecified atom stereocenters. The molecule has 0 saturated heterocycles. The third kappa shape index (κ3) is 5.28. The summed E-state index contributed by atoms with van der Waals surface area (Å²) in [5.74, 6) is -0.732. The lowest BCUT2D eigenvalue weighted by Gasteiger charge is -2.04. The van der Waals surface area contributed by atoms with E-state index in [1.807, 2.05) is 0 Å². The van der Waals surface area contributed by atoms with Crippen LogP contribution in [0.15, 0.2) is 53.0 Å². The number of carbonyl (C=O) groups excluding carboxylic acids is 3. The molecular weight excluding hydrogens is 298 g/mol. The van der Waals surface area contributed by atoms with Crippen LogP contribution in [0.2, 0.25) is 0 Å². The summed E-state index contributed by atoms with van der Waals surface area (Å²) >= 11 is 0. The second-order valence-electron chi connectivity index (χ2n) is 4.63. The Labute approximate surface area is 132 Å². The Morgan fingerprint density at radius 2 is 1.87 bits per heavy atom. The van der Waals surface area contributed by atoms with Crippen molar-refractivity contribution in [2.75, 3.05) is 6.61 Å². The van der Waals surface area contributed by atoms with Gasteiger partial charge in [0.2, 0.25) is 0 Å². The highest BCUT2D eigenvalue weighted by atomic mass is 16.5. The van der Waals surface area contributed by atoms with Crippen LogP contribution in [0.5, 0.6) is 0 Å². The van der Waals surface area contributed by atoms with Crippen molar-refractivity contribution < 1.29 is 23.5 Å². The Morgan fingerprint density at radius 3 is 2.52 bits per heavy atom. The maximum Gasteiger partial charge on any atom is 0.331 e. The van der Waals surface area contributed by atoms with Gasteiger partial charge in [0.25, 0.3) is 11.8 Å². The van der Waals surface area contributed by atoms with Crippen LogP contribution >= 0.6 is 0 Å². The van der Waals surface area contributed by atoms with Gasteiger partial charge in [0.15, 0.2) is 6.61 Å². The largest absolute Gasteiger partial charge is 0.462 e. The van der Waals surface area contributed by atoms with E-state index in [2.05, 4.69) is 5.32 Å². The number of nitrogens with one attached hydrogen (secondary N) is 1. The highest BCUT2D eigenvalue weighted by molar-refractivity contribution is 6.05. The minimum Gasteiger partial charge on any atom is -0.462 e. The third-order valence-corrected chi connectivity index (χ3v) is 2.78. The standard InChI is InChI=1S/C17H15NO5/c1-12-7-8-14(23-12)9-10-16(20)22-11-15(19)18-17(21)13-5-3-2-4-6-13/h2-10H,11H2,1H3,(H,18,19,21)/b10-9+. The molecule has 2 aromatic rings. The Morgan fingerprint density at radius 1 is 1.13 bits per heavy atom. The summed E-state index contributed by atoms with van der Waals surface area (Å²) in [6.45, 7) is 1.24. The van der Waals surface area contributed by atoms with Gasteiger partial charge in [0.05, 0.1) is 0 Å². The van der Waals surface area contributed by atoms with E-state index in [1.54, 1.807) is 49.4 Å². The van der Waals surface area contributed by atoms with Gasteiger partial charge in [-0.1, -0.05) is 18.2 Å². The van der Waals surface area contributed by atoms with Crippen LogP contribution in [0.4, 0.5) is 0 Å². The van der Waals surface area contributed by atoms with Crippen molar-refractivity contribution in [2.24, 2.45) is 0 Å². The number of aryl methyl sites for hydroxylation is 1. The first kappa shape index (κ1) is 16.2. The molecule has 1 heterocycles. The van der Waals surface area contributed by atoms with Crippen molar-refractivity contribution in [1.29, 1.82) is 0 Å². The van der Waals surface area contributed by atoms with E-state index in [-0.39, 0.29) is 0 Å². The molecule has 2 amide bonds. The van der Waals surface area contributed by atoms with Crippen LogP contribution in [0, 0.1) is 6.92 Å². The number of furan rings is 1. The molecule has 23 heavy (non-hydrogen) atoms. The van der Waals surface area contributed by atoms with Gasteiger partial charge in [-0.3, -0.25) is 14.9 Å². The monoisotopic (exact) mass is 313 g/mol. The molecule has 0 fully saturated rings. The smallest absolute Gasteiger partial charge is 0.331 e. The van der Waals surface area contributed by atoms with Crippen LogP contribution in [0.25, 0.3) is 6.08 Å². The van der Waals surface area contributed by atoms with E-state index in [9.17, 15) is 14.4 Å². The van der Waals surface area contributed by atoms with Crippen molar-refractivity contribution in [2.45, 2.75) is 6.92 Å². The van der Waals surface area contributed by atoms with Gasteiger partial charge < -0.3 is 9.15 Å². The Bertz CT molecular complexity index is 730. The fourth-order valence-electron chi connectivity index (χ4n) is 1.70. The molecule has 2 rings (SSSR count). The average molecular weight is 313 g/mol. The summed E-state index contributed by atoms with van der Waals surface area (Å²) in [6, 6.07) is 11.7. The van der Waals surface area contributed by atoms with Crippen LogP contribution in [0.1, 0.15) is 21.9 Å². The number of amides is 2. The number of benzene rings is 1. The second kappa shape index (κ2) is 7.74. The SMILES string of the molecule is Cc1ccc(/C=C/C(=O)OCC(=O)NC(=O)c2ccccc2)o1. The molecule has 0 atom stereocenters. The quantitative estimate of drug-likeness (QED) is 0.675. The van der Waals surface area contributed by atoms with Gasteiger partial charge in [-0.2, -0.15) is 0 Å². The molecule has 0 bridgehead atoms. The summed E-state index contributed by atoms with van der Waals surface area (Å²) in [4.78, 5) is 34.7. The van der Waals surface area contributed by atoms with Crippen molar-refractivity contribution >= 4 is 23.9 Å². The predicted octanol–water partition coefficient (Wildman–Crippen LogP) is 2.10. The average Bonchev–Trinajstić information content (AvgIpc) is 2.97. The topological polar surface area (TPSA) is 85.6 Å². The molecule has 1 aromatic heterocycles. The van der Waals surface area contributed by atoms with Crippen molar-refractivity contribution in [3.05, 3.63) is 65.6 Å². The van der Waals surface area contributed by atoms with Crippen molar-refractivity contribution in [3.8, 4) is 0 Å². The minimum absolute atomic E-state index is 0.347. The van der Waals surface area contributed by atoms with Gasteiger partial charge >= 0.3 is 5.97 Å². The van der Waals surface area contributed by atoms with Crippen LogP contribution in [-0.2, 0) is 14.3 Å². The zero-order chi connectivity index (χ0) is 16.7. The van der Waals surface area contributed by atoms with E-state index < -0.39 is 24.4 Å². The molecule has 0 radical (unpaired) electrons. The first-order valence-electron chi connectivity index (χ1n) is 6.85. The first-order valence-corrected chi connectivity index (χ1v) is 6.85. The molecule has 0 aliphatic rings. The fourth-order valence-corrected chi connectivity index (χ4v) is 1.70. The number of rotatable bonds is 5. The highest BCUT2D eigenvalue weighted by Crippen LogP contribution is 2.07. The van der Waals surface area contributed by atoms with E-state index in [0.29, 0.717) is 11.3 Å². The lowest BCUT2D eigenvalue weighted by molar-refractivity contribution is -0.143. The molecule has 1 N–H and O–H groups in total. The van der Waals surface area contributed by atoms with Crippen LogP contribution in [-0.4, -0.2) is 24.4 Å². The zero-order valence-electron chi connectivity index (χ0n) is 12.4.